The first-order valence-electron chi connectivity index (χ1n) is 31.9. The number of hydrogen-bond donors (Lipinski definition) is 2. The van der Waals surface area contributed by atoms with E-state index in [0.29, 0.717) is 19.3 Å². The van der Waals surface area contributed by atoms with Crippen molar-refractivity contribution in [1.82, 2.24) is 0 Å². The Balaban J connectivity index is 4.61. The topological polar surface area (TPSA) is 138 Å². The zero-order valence-corrected chi connectivity index (χ0v) is 48.6. The first-order valence-corrected chi connectivity index (χ1v) is 31.9. The molecular weight excluding hydrogens is 917 g/mol. The Bertz CT molecular complexity index is 1070. The molecule has 0 aromatic carbocycles. The summed E-state index contributed by atoms with van der Waals surface area (Å²) in [7, 11) is 0. The molecule has 434 valence electrons. The quantitative estimate of drug-likeness (QED) is 0.0344. The van der Waals surface area contributed by atoms with Gasteiger partial charge in [0, 0.05) is 19.3 Å². The van der Waals surface area contributed by atoms with Crippen molar-refractivity contribution in [2.75, 3.05) is 39.6 Å². The van der Waals surface area contributed by atoms with E-state index in [1.54, 1.807) is 0 Å². The second kappa shape index (κ2) is 59.5. The molecule has 0 heterocycles. The minimum absolute atomic E-state index is 0.0273. The Morgan fingerprint density at radius 1 is 0.260 bits per heavy atom. The van der Waals surface area contributed by atoms with Gasteiger partial charge in [0.15, 0.2) is 0 Å². The number of carbonyl (C=O) groups excluding carboxylic acids is 3. The standard InChI is InChI=1S/C63H122O10/c1-4-7-10-13-16-19-22-25-28-31-34-37-40-43-46-49-61(66)71-58(52-64)54-69-56-60(73-63(68)51-48-45-42-39-36-33-30-27-24-21-18-15-12-9-6-3)57-70-55-59(53-65)72-62(67)50-47-44-41-38-35-32-29-26-23-20-17-14-11-8-5-2/h58-60,64-65H,4-57H2,1-3H3. The summed E-state index contributed by atoms with van der Waals surface area (Å²) < 4.78 is 28.6. The van der Waals surface area contributed by atoms with E-state index in [9.17, 15) is 24.6 Å². The van der Waals surface area contributed by atoms with E-state index >= 15 is 0 Å². The summed E-state index contributed by atoms with van der Waals surface area (Å²) in [5.41, 5.74) is 0. The zero-order chi connectivity index (χ0) is 53.2. The van der Waals surface area contributed by atoms with Crippen LogP contribution in [0.4, 0.5) is 0 Å². The van der Waals surface area contributed by atoms with Gasteiger partial charge in [0.1, 0.15) is 18.3 Å². The molecule has 0 rings (SSSR count). The maximum atomic E-state index is 13.0. The van der Waals surface area contributed by atoms with E-state index in [-0.39, 0.29) is 57.5 Å². The third kappa shape index (κ3) is 54.8. The molecule has 0 aromatic heterocycles. The van der Waals surface area contributed by atoms with Crippen molar-refractivity contribution in [3.8, 4) is 0 Å². The largest absolute Gasteiger partial charge is 0.457 e. The third-order valence-corrected chi connectivity index (χ3v) is 14.5. The van der Waals surface area contributed by atoms with Gasteiger partial charge in [-0.3, -0.25) is 14.4 Å². The van der Waals surface area contributed by atoms with Crippen LogP contribution in [0.25, 0.3) is 0 Å². The number of rotatable bonds is 61. The van der Waals surface area contributed by atoms with Gasteiger partial charge in [-0.2, -0.15) is 0 Å². The highest BCUT2D eigenvalue weighted by Crippen LogP contribution is 2.18. The molecule has 0 fully saturated rings. The van der Waals surface area contributed by atoms with Gasteiger partial charge in [-0.25, -0.2) is 0 Å². The fourth-order valence-electron chi connectivity index (χ4n) is 9.68. The van der Waals surface area contributed by atoms with Crippen LogP contribution in [0.5, 0.6) is 0 Å². The average molecular weight is 1040 g/mol. The number of esters is 3. The third-order valence-electron chi connectivity index (χ3n) is 14.5. The molecule has 0 spiro atoms. The molecule has 0 radical (unpaired) electrons. The molecule has 0 saturated heterocycles. The molecule has 0 aromatic rings. The molecule has 0 aliphatic rings. The predicted molar refractivity (Wildman–Crippen MR) is 304 cm³/mol. The molecule has 0 aliphatic carbocycles. The fourth-order valence-corrected chi connectivity index (χ4v) is 9.68. The van der Waals surface area contributed by atoms with Gasteiger partial charge in [0.25, 0.3) is 0 Å². The maximum absolute atomic E-state index is 13.0. The number of hydrogen-bond acceptors (Lipinski definition) is 10. The van der Waals surface area contributed by atoms with Gasteiger partial charge < -0.3 is 33.9 Å². The van der Waals surface area contributed by atoms with Crippen LogP contribution in [0.1, 0.15) is 329 Å². The minimum Gasteiger partial charge on any atom is -0.457 e. The van der Waals surface area contributed by atoms with Gasteiger partial charge in [-0.1, -0.05) is 290 Å². The monoisotopic (exact) mass is 1040 g/mol. The fraction of sp³-hybridized carbons (Fsp3) is 0.952. The molecular formula is C63H122O10. The summed E-state index contributed by atoms with van der Waals surface area (Å²) >= 11 is 0. The van der Waals surface area contributed by atoms with Crippen molar-refractivity contribution in [2.45, 2.75) is 347 Å². The summed E-state index contributed by atoms with van der Waals surface area (Å²) in [5.74, 6) is -1.04. The Hall–Kier alpha value is -1.75. The molecule has 0 aliphatic heterocycles. The lowest BCUT2D eigenvalue weighted by molar-refractivity contribution is -0.163. The smallest absolute Gasteiger partial charge is 0.306 e. The van der Waals surface area contributed by atoms with Crippen LogP contribution < -0.4 is 0 Å². The molecule has 0 bridgehead atoms. The van der Waals surface area contributed by atoms with Gasteiger partial charge in [-0.05, 0) is 19.3 Å². The van der Waals surface area contributed by atoms with Gasteiger partial charge in [-0.15, -0.1) is 0 Å². The maximum Gasteiger partial charge on any atom is 0.306 e. The van der Waals surface area contributed by atoms with Crippen LogP contribution in [0, 0.1) is 0 Å². The van der Waals surface area contributed by atoms with Gasteiger partial charge in [0.2, 0.25) is 0 Å². The first-order chi connectivity index (χ1) is 35.9. The molecule has 2 unspecified atom stereocenters. The van der Waals surface area contributed by atoms with E-state index in [1.807, 2.05) is 0 Å². The van der Waals surface area contributed by atoms with E-state index in [4.69, 9.17) is 23.7 Å². The molecule has 10 nitrogen and oxygen atoms in total. The molecule has 2 atom stereocenters. The first kappa shape index (κ1) is 71.2. The Labute approximate surface area is 451 Å². The second-order valence-corrected chi connectivity index (χ2v) is 21.9. The number of aliphatic hydroxyl groups is 2. The summed E-state index contributed by atoms with van der Waals surface area (Å²) in [6, 6.07) is 0. The van der Waals surface area contributed by atoms with Gasteiger partial charge in [0.05, 0.1) is 39.6 Å². The number of carbonyl (C=O) groups is 3. The number of unbranched alkanes of at least 4 members (excludes halogenated alkanes) is 42. The van der Waals surface area contributed by atoms with E-state index in [0.717, 1.165) is 57.8 Å². The lowest BCUT2D eigenvalue weighted by Gasteiger charge is -2.22. The Morgan fingerprint density at radius 3 is 0.616 bits per heavy atom. The van der Waals surface area contributed by atoms with Crippen LogP contribution >= 0.6 is 0 Å². The van der Waals surface area contributed by atoms with Crippen molar-refractivity contribution in [3.63, 3.8) is 0 Å². The lowest BCUT2D eigenvalue weighted by atomic mass is 10.0. The van der Waals surface area contributed by atoms with Crippen LogP contribution in [0.2, 0.25) is 0 Å². The number of aliphatic hydroxyl groups excluding tert-OH is 2. The van der Waals surface area contributed by atoms with Crippen LogP contribution in [-0.4, -0.2) is 86.1 Å². The normalized spacial score (nSPS) is 12.8. The lowest BCUT2D eigenvalue weighted by Crippen LogP contribution is -2.34. The summed E-state index contributed by atoms with van der Waals surface area (Å²) in [4.78, 5) is 38.3. The highest BCUT2D eigenvalue weighted by atomic mass is 16.6. The highest BCUT2D eigenvalue weighted by Gasteiger charge is 2.21. The minimum atomic E-state index is -0.829. The molecule has 2 N–H and O–H groups in total. The van der Waals surface area contributed by atoms with E-state index in [2.05, 4.69) is 20.8 Å². The zero-order valence-electron chi connectivity index (χ0n) is 48.6. The summed E-state index contributed by atoms with van der Waals surface area (Å²) in [6.07, 6.45) is 54.9. The Kier molecular flexibility index (Phi) is 58.1. The van der Waals surface area contributed by atoms with Crippen LogP contribution in [0.3, 0.4) is 0 Å². The summed E-state index contributed by atoms with van der Waals surface area (Å²) in [6.45, 7) is 5.88. The van der Waals surface area contributed by atoms with Crippen molar-refractivity contribution >= 4 is 17.9 Å². The average Bonchev–Trinajstić information content (AvgIpc) is 3.38. The second-order valence-electron chi connectivity index (χ2n) is 21.9. The molecule has 10 heteroatoms. The van der Waals surface area contributed by atoms with Gasteiger partial charge >= 0.3 is 17.9 Å². The number of ether oxygens (including phenoxy) is 5. The van der Waals surface area contributed by atoms with E-state index < -0.39 is 18.3 Å². The Morgan fingerprint density at radius 2 is 0.425 bits per heavy atom. The predicted octanol–water partition coefficient (Wildman–Crippen LogP) is 17.5. The molecule has 0 amide bonds. The van der Waals surface area contributed by atoms with Crippen LogP contribution in [-0.2, 0) is 38.1 Å². The van der Waals surface area contributed by atoms with Crippen molar-refractivity contribution in [1.29, 1.82) is 0 Å². The summed E-state index contributed by atoms with van der Waals surface area (Å²) in [5, 5.41) is 20.0. The SMILES string of the molecule is CCCCCCCCCCCCCCCCCC(=O)OC(CO)COCC(COCC(CO)OC(=O)CCCCCCCCCCCCCCCCC)OC(=O)CCCCCCCCCCCCCCCCC. The van der Waals surface area contributed by atoms with Crippen molar-refractivity contribution in [2.24, 2.45) is 0 Å². The van der Waals surface area contributed by atoms with Crippen LogP contribution in [0.15, 0.2) is 0 Å². The van der Waals surface area contributed by atoms with Crippen molar-refractivity contribution in [3.05, 3.63) is 0 Å². The van der Waals surface area contributed by atoms with E-state index in [1.165, 1.54) is 231 Å². The molecule has 73 heavy (non-hydrogen) atoms. The highest BCUT2D eigenvalue weighted by molar-refractivity contribution is 5.70. The van der Waals surface area contributed by atoms with Crippen molar-refractivity contribution < 1.29 is 48.3 Å². The molecule has 0 saturated carbocycles.